The van der Waals surface area contributed by atoms with Gasteiger partial charge in [-0.15, -0.1) is 11.3 Å². The summed E-state index contributed by atoms with van der Waals surface area (Å²) in [5.41, 5.74) is -0.377. The standard InChI is InChI=1S/C16H20F3N3OS/c1-2-7-20-8-9-21-14(23)5-6-15-22-12-10-11(16(17,18)19)3-4-13(12)24-15/h3-4,10,20H,2,5-9H2,1H3,(H,21,23). The molecule has 0 aliphatic carbocycles. The zero-order valence-corrected chi connectivity index (χ0v) is 14.2. The number of nitrogens with one attached hydrogen (secondary N) is 2. The molecule has 0 aliphatic heterocycles. The summed E-state index contributed by atoms with van der Waals surface area (Å²) in [6.45, 7) is 4.28. The van der Waals surface area contributed by atoms with Gasteiger partial charge < -0.3 is 10.6 Å². The van der Waals surface area contributed by atoms with Crippen molar-refractivity contribution in [1.29, 1.82) is 0 Å². The van der Waals surface area contributed by atoms with E-state index < -0.39 is 11.7 Å². The number of fused-ring (bicyclic) bond motifs is 1. The maximum absolute atomic E-state index is 12.7. The SMILES string of the molecule is CCCNCCNC(=O)CCc1nc2cc(C(F)(F)F)ccc2s1. The third-order valence-corrected chi connectivity index (χ3v) is 4.47. The van der Waals surface area contributed by atoms with Gasteiger partial charge in [-0.2, -0.15) is 13.2 Å². The van der Waals surface area contributed by atoms with Gasteiger partial charge in [-0.25, -0.2) is 4.98 Å². The number of rotatable bonds is 8. The van der Waals surface area contributed by atoms with Crippen LogP contribution >= 0.6 is 11.3 Å². The first-order chi connectivity index (χ1) is 11.4. The van der Waals surface area contributed by atoms with Crippen LogP contribution in [0.15, 0.2) is 18.2 Å². The first-order valence-electron chi connectivity index (χ1n) is 7.84. The molecule has 1 amide bonds. The summed E-state index contributed by atoms with van der Waals surface area (Å²) in [5, 5.41) is 6.65. The van der Waals surface area contributed by atoms with Gasteiger partial charge in [-0.1, -0.05) is 6.92 Å². The van der Waals surface area contributed by atoms with Crippen molar-refractivity contribution < 1.29 is 18.0 Å². The van der Waals surface area contributed by atoms with Crippen LogP contribution < -0.4 is 10.6 Å². The predicted octanol–water partition coefficient (Wildman–Crippen LogP) is 3.36. The summed E-state index contributed by atoms with van der Waals surface area (Å²) in [6.07, 6.45) is -2.63. The summed E-state index contributed by atoms with van der Waals surface area (Å²) < 4.78 is 38.8. The van der Waals surface area contributed by atoms with Crippen LogP contribution in [-0.2, 0) is 17.4 Å². The minimum atomic E-state index is -4.37. The average Bonchev–Trinajstić information content (AvgIpc) is 2.94. The maximum Gasteiger partial charge on any atom is 0.416 e. The number of carbonyl (C=O) groups is 1. The Morgan fingerprint density at radius 2 is 2.04 bits per heavy atom. The zero-order valence-electron chi connectivity index (χ0n) is 13.4. The largest absolute Gasteiger partial charge is 0.416 e. The van der Waals surface area contributed by atoms with Gasteiger partial charge in [0.2, 0.25) is 5.91 Å². The molecule has 0 saturated carbocycles. The van der Waals surface area contributed by atoms with Crippen LogP contribution in [0.3, 0.4) is 0 Å². The summed E-state index contributed by atoms with van der Waals surface area (Å²) in [4.78, 5) is 15.9. The third-order valence-electron chi connectivity index (χ3n) is 3.38. The number of aromatic nitrogens is 1. The van der Waals surface area contributed by atoms with Crippen molar-refractivity contribution in [2.45, 2.75) is 32.4 Å². The normalized spacial score (nSPS) is 11.8. The van der Waals surface area contributed by atoms with Gasteiger partial charge >= 0.3 is 6.18 Å². The summed E-state index contributed by atoms with van der Waals surface area (Å²) in [6, 6.07) is 3.54. The van der Waals surface area contributed by atoms with E-state index in [4.69, 9.17) is 0 Å². The number of carbonyl (C=O) groups excluding carboxylic acids is 1. The number of benzene rings is 1. The van der Waals surface area contributed by atoms with Crippen LogP contribution in [0.1, 0.15) is 30.3 Å². The Morgan fingerprint density at radius 1 is 1.25 bits per heavy atom. The summed E-state index contributed by atoms with van der Waals surface area (Å²) in [5.74, 6) is -0.0801. The van der Waals surface area contributed by atoms with Crippen LogP contribution in [0, 0.1) is 0 Å². The Balaban J connectivity index is 1.85. The van der Waals surface area contributed by atoms with Crippen molar-refractivity contribution in [3.05, 3.63) is 28.8 Å². The van der Waals surface area contributed by atoms with Gasteiger partial charge in [0, 0.05) is 25.9 Å². The molecule has 1 heterocycles. The van der Waals surface area contributed by atoms with Gasteiger partial charge in [0.15, 0.2) is 0 Å². The Morgan fingerprint density at radius 3 is 2.75 bits per heavy atom. The molecular formula is C16H20F3N3OS. The third kappa shape index (κ3) is 5.45. The van der Waals surface area contributed by atoms with Crippen LogP contribution in [0.4, 0.5) is 13.2 Å². The Hall–Kier alpha value is -1.67. The number of halogens is 3. The monoisotopic (exact) mass is 359 g/mol. The molecule has 2 aromatic rings. The molecule has 2 N–H and O–H groups in total. The molecule has 0 spiro atoms. The molecule has 0 aliphatic rings. The lowest BCUT2D eigenvalue weighted by molar-refractivity contribution is -0.137. The number of thiazole rings is 1. The van der Waals surface area contributed by atoms with E-state index in [1.165, 1.54) is 17.4 Å². The molecule has 0 radical (unpaired) electrons. The quantitative estimate of drug-likeness (QED) is 0.711. The Kier molecular flexibility index (Phi) is 6.56. The van der Waals surface area contributed by atoms with Gasteiger partial charge in [0.1, 0.15) is 0 Å². The molecule has 1 aromatic heterocycles. The van der Waals surface area contributed by atoms with E-state index >= 15 is 0 Å². The lowest BCUT2D eigenvalue weighted by Gasteiger charge is -2.05. The fourth-order valence-electron chi connectivity index (χ4n) is 2.16. The van der Waals surface area contributed by atoms with Crippen LogP contribution in [0.5, 0.6) is 0 Å². The zero-order chi connectivity index (χ0) is 17.6. The van der Waals surface area contributed by atoms with Gasteiger partial charge in [0.25, 0.3) is 0 Å². The molecule has 8 heteroatoms. The first kappa shape index (κ1) is 18.7. The number of hydrogen-bond acceptors (Lipinski definition) is 4. The molecule has 0 saturated heterocycles. The minimum Gasteiger partial charge on any atom is -0.355 e. The van der Waals surface area contributed by atoms with Crippen molar-refractivity contribution in [3.63, 3.8) is 0 Å². The van der Waals surface area contributed by atoms with Gasteiger partial charge in [-0.05, 0) is 31.2 Å². The molecule has 0 atom stereocenters. The van der Waals surface area contributed by atoms with Crippen molar-refractivity contribution in [3.8, 4) is 0 Å². The molecule has 1 aromatic carbocycles. The van der Waals surface area contributed by atoms with E-state index in [1.807, 2.05) is 0 Å². The highest BCUT2D eigenvalue weighted by atomic mass is 32.1. The molecule has 132 valence electrons. The minimum absolute atomic E-state index is 0.0801. The number of hydrogen-bond donors (Lipinski definition) is 2. The number of aryl methyl sites for hydroxylation is 1. The Labute approximate surface area is 142 Å². The van der Waals surface area contributed by atoms with Crippen molar-refractivity contribution >= 4 is 27.5 Å². The topological polar surface area (TPSA) is 54.0 Å². The van der Waals surface area contributed by atoms with E-state index in [1.54, 1.807) is 0 Å². The fourth-order valence-corrected chi connectivity index (χ4v) is 3.11. The lowest BCUT2D eigenvalue weighted by Crippen LogP contribution is -2.32. The summed E-state index contributed by atoms with van der Waals surface area (Å²) >= 11 is 1.32. The molecule has 2 rings (SSSR count). The fraction of sp³-hybridized carbons (Fsp3) is 0.500. The van der Waals surface area contributed by atoms with Crippen LogP contribution in [-0.4, -0.2) is 30.5 Å². The summed E-state index contributed by atoms with van der Waals surface area (Å²) in [7, 11) is 0. The van der Waals surface area contributed by atoms with E-state index in [2.05, 4.69) is 22.5 Å². The second kappa shape index (κ2) is 8.43. The van der Waals surface area contributed by atoms with E-state index in [0.29, 0.717) is 28.2 Å². The second-order valence-corrected chi connectivity index (χ2v) is 6.50. The van der Waals surface area contributed by atoms with E-state index in [-0.39, 0.29) is 12.3 Å². The average molecular weight is 359 g/mol. The second-order valence-electron chi connectivity index (χ2n) is 5.39. The molecule has 0 fully saturated rings. The predicted molar refractivity (Wildman–Crippen MR) is 89.1 cm³/mol. The van der Waals surface area contributed by atoms with Gasteiger partial charge in [-0.3, -0.25) is 4.79 Å². The number of nitrogens with zero attached hydrogens (tertiary/aromatic N) is 1. The van der Waals surface area contributed by atoms with Gasteiger partial charge in [0.05, 0.1) is 20.8 Å². The lowest BCUT2D eigenvalue weighted by atomic mass is 10.2. The number of alkyl halides is 3. The Bertz CT molecular complexity index is 685. The first-order valence-corrected chi connectivity index (χ1v) is 8.66. The van der Waals surface area contributed by atoms with Crippen molar-refractivity contribution in [2.75, 3.05) is 19.6 Å². The maximum atomic E-state index is 12.7. The highest BCUT2D eigenvalue weighted by Gasteiger charge is 2.30. The molecule has 24 heavy (non-hydrogen) atoms. The highest BCUT2D eigenvalue weighted by Crippen LogP contribution is 2.33. The van der Waals surface area contributed by atoms with E-state index in [9.17, 15) is 18.0 Å². The smallest absolute Gasteiger partial charge is 0.355 e. The van der Waals surface area contributed by atoms with Crippen LogP contribution in [0.25, 0.3) is 10.2 Å². The molecule has 0 unspecified atom stereocenters. The molecular weight excluding hydrogens is 339 g/mol. The molecule has 0 bridgehead atoms. The van der Waals surface area contributed by atoms with E-state index in [0.717, 1.165) is 31.6 Å². The highest BCUT2D eigenvalue weighted by molar-refractivity contribution is 7.18. The molecule has 4 nitrogen and oxygen atoms in total. The number of amides is 1. The van der Waals surface area contributed by atoms with Crippen molar-refractivity contribution in [1.82, 2.24) is 15.6 Å². The van der Waals surface area contributed by atoms with Crippen LogP contribution in [0.2, 0.25) is 0 Å². The van der Waals surface area contributed by atoms with Crippen molar-refractivity contribution in [2.24, 2.45) is 0 Å².